The lowest BCUT2D eigenvalue weighted by Crippen LogP contribution is -2.29. The second-order valence-corrected chi connectivity index (χ2v) is 3.90. The molecule has 19 heavy (non-hydrogen) atoms. The Hall–Kier alpha value is -2.18. The number of hydrogen-bond donors (Lipinski definition) is 3. The van der Waals surface area contributed by atoms with Crippen LogP contribution in [0.2, 0.25) is 0 Å². The van der Waals surface area contributed by atoms with Gasteiger partial charge in [-0.05, 0) is 6.42 Å². The van der Waals surface area contributed by atoms with Crippen LogP contribution in [-0.4, -0.2) is 41.9 Å². The zero-order valence-corrected chi connectivity index (χ0v) is 11.2. The van der Waals surface area contributed by atoms with Crippen LogP contribution in [0.5, 0.6) is 0 Å². The van der Waals surface area contributed by atoms with Crippen LogP contribution >= 0.6 is 0 Å². The highest BCUT2D eigenvalue weighted by atomic mass is 16.2. The van der Waals surface area contributed by atoms with Gasteiger partial charge in [0.05, 0.1) is 12.4 Å². The molecule has 0 aliphatic rings. The number of aromatic nitrogens is 2. The number of anilines is 1. The first-order valence-electron chi connectivity index (χ1n) is 6.22. The third kappa shape index (κ3) is 5.33. The van der Waals surface area contributed by atoms with Gasteiger partial charge >= 0.3 is 0 Å². The van der Waals surface area contributed by atoms with E-state index < -0.39 is 0 Å². The normalized spacial score (nSPS) is 9.79. The van der Waals surface area contributed by atoms with E-state index in [4.69, 9.17) is 0 Å². The lowest BCUT2D eigenvalue weighted by Gasteiger charge is -2.06. The molecule has 0 saturated heterocycles. The van der Waals surface area contributed by atoms with Gasteiger partial charge in [0.15, 0.2) is 0 Å². The minimum absolute atomic E-state index is 0.121. The van der Waals surface area contributed by atoms with Crippen LogP contribution in [0.4, 0.5) is 5.82 Å². The summed E-state index contributed by atoms with van der Waals surface area (Å²) < 4.78 is 0. The van der Waals surface area contributed by atoms with Crippen LogP contribution in [0.1, 0.15) is 30.3 Å². The largest absolute Gasteiger partial charge is 0.369 e. The molecule has 104 valence electrons. The number of nitrogens with zero attached hydrogens (tertiary/aromatic N) is 2. The zero-order chi connectivity index (χ0) is 14.1. The highest BCUT2D eigenvalue weighted by molar-refractivity contribution is 5.92. The Kier molecular flexibility index (Phi) is 6.28. The third-order valence-electron chi connectivity index (χ3n) is 2.34. The molecule has 0 aliphatic heterocycles. The van der Waals surface area contributed by atoms with Crippen molar-refractivity contribution in [3.8, 4) is 0 Å². The molecule has 3 N–H and O–H groups in total. The summed E-state index contributed by atoms with van der Waals surface area (Å²) in [5, 5.41) is 8.16. The lowest BCUT2D eigenvalue weighted by atomic mass is 10.3. The van der Waals surface area contributed by atoms with Crippen molar-refractivity contribution in [1.29, 1.82) is 0 Å². The van der Waals surface area contributed by atoms with Crippen molar-refractivity contribution in [3.63, 3.8) is 0 Å². The lowest BCUT2D eigenvalue weighted by molar-refractivity contribution is -0.120. The molecule has 0 saturated carbocycles. The monoisotopic (exact) mass is 265 g/mol. The minimum atomic E-state index is -0.337. The van der Waals surface area contributed by atoms with Gasteiger partial charge in [0.25, 0.3) is 5.91 Å². The van der Waals surface area contributed by atoms with Gasteiger partial charge < -0.3 is 16.0 Å². The fourth-order valence-electron chi connectivity index (χ4n) is 1.32. The number of rotatable bonds is 7. The van der Waals surface area contributed by atoms with Crippen LogP contribution in [-0.2, 0) is 4.79 Å². The first-order valence-corrected chi connectivity index (χ1v) is 6.22. The summed E-state index contributed by atoms with van der Waals surface area (Å²) in [5.41, 5.74) is 0.234. The number of carbonyl (C=O) groups excluding carboxylic acids is 2. The molecule has 1 aromatic heterocycles. The summed E-state index contributed by atoms with van der Waals surface area (Å²) in [6, 6.07) is 0. The average molecular weight is 265 g/mol. The van der Waals surface area contributed by atoms with Crippen LogP contribution in [0.15, 0.2) is 12.4 Å². The molecule has 0 bridgehead atoms. The molecular formula is C12H19N5O2. The Bertz CT molecular complexity index is 436. The summed E-state index contributed by atoms with van der Waals surface area (Å²) in [7, 11) is 1.55. The first kappa shape index (κ1) is 14.9. The Balaban J connectivity index is 2.49. The number of carbonyl (C=O) groups is 2. The Morgan fingerprint density at radius 3 is 2.74 bits per heavy atom. The topological polar surface area (TPSA) is 96.0 Å². The molecule has 7 nitrogen and oxygen atoms in total. The van der Waals surface area contributed by atoms with Crippen molar-refractivity contribution in [1.82, 2.24) is 20.6 Å². The van der Waals surface area contributed by atoms with E-state index in [1.165, 1.54) is 6.20 Å². The Morgan fingerprint density at radius 2 is 2.05 bits per heavy atom. The Labute approximate surface area is 112 Å². The van der Waals surface area contributed by atoms with Crippen molar-refractivity contribution in [2.24, 2.45) is 0 Å². The molecule has 0 radical (unpaired) electrons. The van der Waals surface area contributed by atoms with Crippen LogP contribution in [0.3, 0.4) is 0 Å². The van der Waals surface area contributed by atoms with E-state index in [1.54, 1.807) is 13.2 Å². The van der Waals surface area contributed by atoms with Crippen molar-refractivity contribution in [2.45, 2.75) is 19.8 Å². The van der Waals surface area contributed by atoms with Crippen molar-refractivity contribution >= 4 is 17.6 Å². The maximum Gasteiger partial charge on any atom is 0.271 e. The van der Waals surface area contributed by atoms with Gasteiger partial charge in [-0.25, -0.2) is 4.98 Å². The predicted molar refractivity (Wildman–Crippen MR) is 71.8 cm³/mol. The van der Waals surface area contributed by atoms with Crippen molar-refractivity contribution in [2.75, 3.05) is 25.5 Å². The van der Waals surface area contributed by atoms with E-state index in [-0.39, 0.29) is 30.5 Å². The smallest absolute Gasteiger partial charge is 0.271 e. The molecule has 0 fully saturated rings. The summed E-state index contributed by atoms with van der Waals surface area (Å²) in [6.07, 6.45) is 4.16. The Morgan fingerprint density at radius 1 is 1.26 bits per heavy atom. The molecule has 0 unspecified atom stereocenters. The molecule has 0 atom stereocenters. The summed E-state index contributed by atoms with van der Waals surface area (Å²) in [5.74, 6) is 0.113. The van der Waals surface area contributed by atoms with Crippen molar-refractivity contribution in [3.05, 3.63) is 18.1 Å². The summed E-state index contributed by atoms with van der Waals surface area (Å²) in [4.78, 5) is 30.9. The van der Waals surface area contributed by atoms with Crippen LogP contribution in [0.25, 0.3) is 0 Å². The second-order valence-electron chi connectivity index (χ2n) is 3.90. The summed E-state index contributed by atoms with van der Waals surface area (Å²) >= 11 is 0. The zero-order valence-electron chi connectivity index (χ0n) is 11.2. The highest BCUT2D eigenvalue weighted by Crippen LogP contribution is 2.02. The van der Waals surface area contributed by atoms with Crippen LogP contribution < -0.4 is 16.0 Å². The van der Waals surface area contributed by atoms with Gasteiger partial charge in [-0.3, -0.25) is 14.6 Å². The molecule has 1 heterocycles. The van der Waals surface area contributed by atoms with E-state index in [9.17, 15) is 9.59 Å². The molecule has 1 rings (SSSR count). The van der Waals surface area contributed by atoms with Gasteiger partial charge in [-0.15, -0.1) is 0 Å². The second kappa shape index (κ2) is 8.02. The molecule has 2 amide bonds. The van der Waals surface area contributed by atoms with E-state index >= 15 is 0 Å². The fourth-order valence-corrected chi connectivity index (χ4v) is 1.32. The fraction of sp³-hybridized carbons (Fsp3) is 0.500. The van der Waals surface area contributed by atoms with Gasteiger partial charge in [-0.2, -0.15) is 0 Å². The minimum Gasteiger partial charge on any atom is -0.369 e. The van der Waals surface area contributed by atoms with Crippen molar-refractivity contribution < 1.29 is 9.59 Å². The number of hydrogen-bond acceptors (Lipinski definition) is 5. The highest BCUT2D eigenvalue weighted by Gasteiger charge is 2.08. The molecule has 7 heteroatoms. The molecule has 0 spiro atoms. The van der Waals surface area contributed by atoms with E-state index in [0.717, 1.165) is 13.0 Å². The number of nitrogens with one attached hydrogen (secondary N) is 3. The van der Waals surface area contributed by atoms with E-state index in [0.29, 0.717) is 5.82 Å². The van der Waals surface area contributed by atoms with Gasteiger partial charge in [0.1, 0.15) is 11.5 Å². The third-order valence-corrected chi connectivity index (χ3v) is 2.34. The predicted octanol–water partition coefficient (Wildman–Crippen LogP) is 0.164. The van der Waals surface area contributed by atoms with E-state index in [1.807, 2.05) is 6.92 Å². The molecule has 1 aromatic rings. The van der Waals surface area contributed by atoms with E-state index in [2.05, 4.69) is 25.9 Å². The summed E-state index contributed by atoms with van der Waals surface area (Å²) in [6.45, 7) is 3.08. The molecule has 0 aromatic carbocycles. The van der Waals surface area contributed by atoms with Gasteiger partial charge in [0, 0.05) is 26.6 Å². The van der Waals surface area contributed by atoms with Gasteiger partial charge in [0.2, 0.25) is 5.91 Å². The number of amides is 2. The SMILES string of the molecule is CCCNc1cncc(C(=O)NCCC(=O)NC)n1. The first-order chi connectivity index (χ1) is 9.17. The average Bonchev–Trinajstić information content (AvgIpc) is 2.45. The molecule has 0 aliphatic carbocycles. The standard InChI is InChI=1S/C12H19N5O2/c1-3-5-15-10-8-14-7-9(17-10)12(19)16-6-4-11(18)13-2/h7-8H,3-6H2,1-2H3,(H,13,18)(H,15,17)(H,16,19). The van der Waals surface area contributed by atoms with Gasteiger partial charge in [-0.1, -0.05) is 6.92 Å². The maximum absolute atomic E-state index is 11.8. The van der Waals surface area contributed by atoms with Crippen LogP contribution in [0, 0.1) is 0 Å². The quantitative estimate of drug-likeness (QED) is 0.653. The maximum atomic E-state index is 11.8. The molecular weight excluding hydrogens is 246 g/mol.